The number of amides is 1. The van der Waals surface area contributed by atoms with E-state index in [1.165, 1.54) is 12.1 Å². The highest BCUT2D eigenvalue weighted by Crippen LogP contribution is 2.34. The van der Waals surface area contributed by atoms with Gasteiger partial charge in [-0.05, 0) is 49.9 Å². The van der Waals surface area contributed by atoms with E-state index in [0.717, 1.165) is 44.1 Å². The van der Waals surface area contributed by atoms with Gasteiger partial charge in [-0.25, -0.2) is 4.39 Å². The minimum Gasteiger partial charge on any atom is -0.381 e. The molecule has 0 radical (unpaired) electrons. The second kappa shape index (κ2) is 9.74. The number of benzene rings is 1. The highest BCUT2D eigenvalue weighted by atomic mass is 19.1. The van der Waals surface area contributed by atoms with Gasteiger partial charge >= 0.3 is 0 Å². The number of carbonyl (C=O) groups excluding carboxylic acids is 1. The number of nitrogens with one attached hydrogen (secondary N) is 1. The monoisotopic (exact) mass is 336 g/mol. The molecule has 1 amide bonds. The van der Waals surface area contributed by atoms with E-state index in [-0.39, 0.29) is 17.1 Å². The molecule has 4 nitrogen and oxygen atoms in total. The van der Waals surface area contributed by atoms with Gasteiger partial charge in [-0.1, -0.05) is 25.0 Å². The average molecular weight is 336 g/mol. The van der Waals surface area contributed by atoms with Gasteiger partial charge in [-0.15, -0.1) is 0 Å². The molecule has 0 spiro atoms. The Labute approximate surface area is 144 Å². The van der Waals surface area contributed by atoms with Gasteiger partial charge in [0.15, 0.2) is 0 Å². The summed E-state index contributed by atoms with van der Waals surface area (Å²) in [4.78, 5) is 12.1. The third kappa shape index (κ3) is 5.56. The third-order valence-electron chi connectivity index (χ3n) is 4.89. The van der Waals surface area contributed by atoms with E-state index < -0.39 is 0 Å². The third-order valence-corrected chi connectivity index (χ3v) is 4.89. The van der Waals surface area contributed by atoms with Crippen LogP contribution in [0.4, 0.5) is 4.39 Å². The second-order valence-corrected chi connectivity index (χ2v) is 6.63. The van der Waals surface area contributed by atoms with Gasteiger partial charge in [0.1, 0.15) is 5.82 Å². The second-order valence-electron chi connectivity index (χ2n) is 6.63. The lowest BCUT2D eigenvalue weighted by molar-refractivity contribution is -0.121. The molecule has 1 aromatic rings. The Balaban J connectivity index is 1.87. The smallest absolute Gasteiger partial charge is 0.220 e. The van der Waals surface area contributed by atoms with Gasteiger partial charge in [0.05, 0.1) is 0 Å². The van der Waals surface area contributed by atoms with E-state index in [2.05, 4.69) is 5.32 Å². The van der Waals surface area contributed by atoms with E-state index in [0.29, 0.717) is 32.7 Å². The maximum atomic E-state index is 13.2. The van der Waals surface area contributed by atoms with Crippen molar-refractivity contribution in [2.75, 3.05) is 26.3 Å². The molecule has 5 heteroatoms. The number of ether oxygens (including phenoxy) is 1. The van der Waals surface area contributed by atoms with Crippen molar-refractivity contribution in [2.24, 2.45) is 5.73 Å². The minimum atomic E-state index is -0.234. The summed E-state index contributed by atoms with van der Waals surface area (Å²) in [6, 6.07) is 6.65. The first-order valence-electron chi connectivity index (χ1n) is 8.97. The first-order chi connectivity index (χ1) is 11.7. The van der Waals surface area contributed by atoms with Crippen LogP contribution in [0.5, 0.6) is 0 Å². The van der Waals surface area contributed by atoms with Crippen molar-refractivity contribution >= 4 is 5.91 Å². The lowest BCUT2D eigenvalue weighted by atomic mass is 9.74. The van der Waals surface area contributed by atoms with Crippen molar-refractivity contribution in [3.8, 4) is 0 Å². The zero-order valence-electron chi connectivity index (χ0n) is 14.4. The quantitative estimate of drug-likeness (QED) is 0.682. The molecule has 0 aliphatic carbocycles. The SMILES string of the molecule is NCCCCCCC(=O)NCC1(c2ccc(F)cc2)CCOCC1. The Hall–Kier alpha value is -1.46. The van der Waals surface area contributed by atoms with Gasteiger partial charge < -0.3 is 15.8 Å². The molecule has 1 aliphatic rings. The van der Waals surface area contributed by atoms with Crippen molar-refractivity contribution in [3.63, 3.8) is 0 Å². The largest absolute Gasteiger partial charge is 0.381 e. The highest BCUT2D eigenvalue weighted by molar-refractivity contribution is 5.76. The van der Waals surface area contributed by atoms with Gasteiger partial charge in [0.25, 0.3) is 0 Å². The van der Waals surface area contributed by atoms with E-state index in [1.807, 2.05) is 12.1 Å². The molecule has 1 fully saturated rings. The van der Waals surface area contributed by atoms with Crippen molar-refractivity contribution in [2.45, 2.75) is 50.4 Å². The van der Waals surface area contributed by atoms with Crippen LogP contribution in [-0.4, -0.2) is 32.2 Å². The minimum absolute atomic E-state index is 0.0933. The van der Waals surface area contributed by atoms with E-state index >= 15 is 0 Å². The Morgan fingerprint density at radius 3 is 2.46 bits per heavy atom. The standard InChI is InChI=1S/C19H29FN2O2/c20-17-8-6-16(7-9-17)19(10-13-24-14-11-19)15-22-18(23)5-3-1-2-4-12-21/h6-9H,1-5,10-15,21H2,(H,22,23). The first-order valence-corrected chi connectivity index (χ1v) is 8.97. The molecule has 134 valence electrons. The Bertz CT molecular complexity index is 499. The van der Waals surface area contributed by atoms with E-state index in [9.17, 15) is 9.18 Å². The molecule has 1 heterocycles. The lowest BCUT2D eigenvalue weighted by Gasteiger charge is -2.38. The van der Waals surface area contributed by atoms with Crippen molar-refractivity contribution in [3.05, 3.63) is 35.6 Å². The summed E-state index contributed by atoms with van der Waals surface area (Å²) >= 11 is 0. The molecular formula is C19H29FN2O2. The van der Waals surface area contributed by atoms with Gasteiger partial charge in [0, 0.05) is 31.6 Å². The fourth-order valence-electron chi connectivity index (χ4n) is 3.27. The number of unbranched alkanes of at least 4 members (excludes halogenated alkanes) is 3. The Morgan fingerprint density at radius 2 is 1.79 bits per heavy atom. The van der Waals surface area contributed by atoms with Crippen LogP contribution in [0.25, 0.3) is 0 Å². The summed E-state index contributed by atoms with van der Waals surface area (Å²) in [5.41, 5.74) is 6.39. The van der Waals surface area contributed by atoms with Crippen LogP contribution < -0.4 is 11.1 Å². The number of nitrogens with two attached hydrogens (primary N) is 1. The molecule has 1 aromatic carbocycles. The summed E-state index contributed by atoms with van der Waals surface area (Å²) in [5, 5.41) is 3.08. The molecular weight excluding hydrogens is 307 g/mol. The number of halogens is 1. The zero-order valence-corrected chi connectivity index (χ0v) is 14.4. The normalized spacial score (nSPS) is 16.8. The topological polar surface area (TPSA) is 64.4 Å². The van der Waals surface area contributed by atoms with Gasteiger partial charge in [-0.3, -0.25) is 4.79 Å². The highest BCUT2D eigenvalue weighted by Gasteiger charge is 2.34. The average Bonchev–Trinajstić information content (AvgIpc) is 2.61. The van der Waals surface area contributed by atoms with Gasteiger partial charge in [0.2, 0.25) is 5.91 Å². The van der Waals surface area contributed by atoms with Crippen LogP contribution in [0.1, 0.15) is 50.5 Å². The lowest BCUT2D eigenvalue weighted by Crippen LogP contribution is -2.44. The van der Waals surface area contributed by atoms with Crippen molar-refractivity contribution < 1.29 is 13.9 Å². The molecule has 1 saturated heterocycles. The molecule has 0 saturated carbocycles. The number of rotatable bonds is 9. The summed E-state index contributed by atoms with van der Waals surface area (Å²) in [7, 11) is 0. The zero-order chi connectivity index (χ0) is 17.3. The summed E-state index contributed by atoms with van der Waals surface area (Å²) in [6.45, 7) is 2.65. The van der Waals surface area contributed by atoms with Crippen LogP contribution in [0.2, 0.25) is 0 Å². The number of carbonyl (C=O) groups is 1. The summed E-state index contributed by atoms with van der Waals surface area (Å²) < 4.78 is 18.7. The molecule has 24 heavy (non-hydrogen) atoms. The molecule has 0 bridgehead atoms. The first kappa shape index (κ1) is 18.9. The Morgan fingerprint density at radius 1 is 1.12 bits per heavy atom. The van der Waals surface area contributed by atoms with Crippen LogP contribution in [0, 0.1) is 5.82 Å². The predicted octanol–water partition coefficient (Wildman–Crippen LogP) is 2.90. The summed E-state index contributed by atoms with van der Waals surface area (Å²) in [5.74, 6) is -0.141. The van der Waals surface area contributed by atoms with Crippen LogP contribution >= 0.6 is 0 Å². The maximum Gasteiger partial charge on any atom is 0.220 e. The van der Waals surface area contributed by atoms with Gasteiger partial charge in [-0.2, -0.15) is 0 Å². The molecule has 3 N–H and O–H groups in total. The van der Waals surface area contributed by atoms with Crippen LogP contribution in [-0.2, 0) is 14.9 Å². The van der Waals surface area contributed by atoms with Crippen molar-refractivity contribution in [1.82, 2.24) is 5.32 Å². The molecule has 1 aliphatic heterocycles. The number of hydrogen-bond acceptors (Lipinski definition) is 3. The van der Waals surface area contributed by atoms with E-state index in [1.54, 1.807) is 0 Å². The molecule has 0 atom stereocenters. The molecule has 2 rings (SSSR count). The number of hydrogen-bond donors (Lipinski definition) is 2. The van der Waals surface area contributed by atoms with E-state index in [4.69, 9.17) is 10.5 Å². The molecule has 0 unspecified atom stereocenters. The van der Waals surface area contributed by atoms with Crippen molar-refractivity contribution in [1.29, 1.82) is 0 Å². The predicted molar refractivity (Wildman–Crippen MR) is 93.3 cm³/mol. The Kier molecular flexibility index (Phi) is 7.66. The fourth-order valence-corrected chi connectivity index (χ4v) is 3.27. The van der Waals surface area contributed by atoms with Crippen LogP contribution in [0.3, 0.4) is 0 Å². The summed E-state index contributed by atoms with van der Waals surface area (Å²) in [6.07, 6.45) is 6.29. The fraction of sp³-hybridized carbons (Fsp3) is 0.632. The molecule has 0 aromatic heterocycles. The van der Waals surface area contributed by atoms with Crippen LogP contribution in [0.15, 0.2) is 24.3 Å². The maximum absolute atomic E-state index is 13.2.